The second-order valence-corrected chi connectivity index (χ2v) is 7.45. The van der Waals surface area contributed by atoms with Crippen molar-refractivity contribution >= 4 is 23.5 Å². The van der Waals surface area contributed by atoms with Crippen molar-refractivity contribution in [2.45, 2.75) is 38.2 Å². The van der Waals surface area contributed by atoms with E-state index in [1.165, 1.54) is 6.20 Å². The molecule has 1 aliphatic rings. The number of hydrogen-bond donors (Lipinski definition) is 1. The van der Waals surface area contributed by atoms with Gasteiger partial charge in [-0.05, 0) is 55.0 Å². The molecule has 1 fully saturated rings. The fourth-order valence-electron chi connectivity index (χ4n) is 3.17. The summed E-state index contributed by atoms with van der Waals surface area (Å²) < 4.78 is 10.9. The van der Waals surface area contributed by atoms with E-state index >= 15 is 0 Å². The highest BCUT2D eigenvalue weighted by atomic mass is 19.0. The Morgan fingerprint density at radius 3 is 2.70 bits per heavy atom. The van der Waals surface area contributed by atoms with Gasteiger partial charge in [0.2, 0.25) is 0 Å². The van der Waals surface area contributed by atoms with E-state index in [4.69, 9.17) is 15.2 Å². The highest BCUT2D eigenvalue weighted by Crippen LogP contribution is 2.27. The molecule has 0 bridgehead atoms. The van der Waals surface area contributed by atoms with Crippen LogP contribution in [0, 0.1) is 5.92 Å². The van der Waals surface area contributed by atoms with E-state index in [0.29, 0.717) is 18.7 Å². The molecule has 0 radical (unpaired) electrons. The number of carbonyl (C=O) groups is 2. The maximum absolute atomic E-state index is 12.6. The zero-order chi connectivity index (χ0) is 23.2. The van der Waals surface area contributed by atoms with E-state index in [-0.39, 0.29) is 41.5 Å². The van der Waals surface area contributed by atoms with E-state index in [1.54, 1.807) is 30.5 Å². The van der Waals surface area contributed by atoms with Crippen molar-refractivity contribution in [2.24, 2.45) is 16.6 Å². The summed E-state index contributed by atoms with van der Waals surface area (Å²) in [5.74, 6) is -0.101. The number of rotatable bonds is 14. The Morgan fingerprint density at radius 2 is 2.06 bits per heavy atom. The number of ether oxygens (including phenoxy) is 2. The molecule has 1 aromatic rings. The van der Waals surface area contributed by atoms with Gasteiger partial charge in [0, 0.05) is 31.3 Å². The van der Waals surface area contributed by atoms with Crippen LogP contribution in [0.1, 0.15) is 37.7 Å². The van der Waals surface area contributed by atoms with Crippen LogP contribution >= 0.6 is 0 Å². The summed E-state index contributed by atoms with van der Waals surface area (Å²) in [6.45, 7) is 7.53. The predicted octanol–water partition coefficient (Wildman–Crippen LogP) is 4.58. The number of nitrogens with two attached hydrogens (primary N) is 1. The summed E-state index contributed by atoms with van der Waals surface area (Å²) in [7, 11) is 0. The lowest BCUT2D eigenvalue weighted by Gasteiger charge is -2.25. The number of aliphatic imine (C=N–C) groups is 1. The van der Waals surface area contributed by atoms with Crippen molar-refractivity contribution in [1.82, 2.24) is 0 Å². The van der Waals surface area contributed by atoms with Gasteiger partial charge in [-0.1, -0.05) is 36.9 Å². The van der Waals surface area contributed by atoms with Gasteiger partial charge in [0.15, 0.2) is 6.61 Å². The van der Waals surface area contributed by atoms with Gasteiger partial charge in [0.05, 0.1) is 0 Å². The molecule has 6 nitrogen and oxygen atoms in total. The molecule has 1 aromatic carbocycles. The molecule has 0 heterocycles. The minimum absolute atomic E-state index is 0. The van der Waals surface area contributed by atoms with Crippen LogP contribution < -0.4 is 10.5 Å². The van der Waals surface area contributed by atoms with Crippen molar-refractivity contribution in [3.63, 3.8) is 0 Å². The van der Waals surface area contributed by atoms with Crippen molar-refractivity contribution < 1.29 is 23.8 Å². The third kappa shape index (κ3) is 9.78. The molecular weight excluding hydrogens is 423 g/mol. The number of Topliss-reactive ketones (excluding diaryl/α,β-unsaturated/α-hetero) is 1. The number of hydrogen-bond acceptors (Lipinski definition) is 6. The third-order valence-corrected chi connectivity index (χ3v) is 5.15. The van der Waals surface area contributed by atoms with E-state index in [0.717, 1.165) is 30.4 Å². The van der Waals surface area contributed by atoms with Crippen molar-refractivity contribution in [3.05, 3.63) is 73.5 Å². The average molecular weight is 457 g/mol. The quantitative estimate of drug-likeness (QED) is 0.251. The number of benzene rings is 1. The fraction of sp³-hybridized carbons (Fsp3) is 0.346. The van der Waals surface area contributed by atoms with Crippen molar-refractivity contribution in [3.8, 4) is 5.75 Å². The number of carbonyl (C=O) groups excluding carboxylic acids is 2. The molecule has 2 rings (SSSR count). The molecule has 33 heavy (non-hydrogen) atoms. The molecule has 0 aliphatic heterocycles. The Morgan fingerprint density at radius 1 is 1.27 bits per heavy atom. The standard InChI is InChI=1S/C26H32N2O4.FH/c1-3-20(25(29)13-5-6-16-28-4-2)17-22(14-15-27)21-9-7-12-24(18-21)31-19-26(30)32-23-10-8-11-23;/h3-7,9,12,14,16,18,20,23H,1-2,8,10-11,13,15,17,19,27H2;1H/b6-5+,22-14-,28-16?;. The van der Waals surface area contributed by atoms with Crippen LogP contribution in [0.4, 0.5) is 4.70 Å². The summed E-state index contributed by atoms with van der Waals surface area (Å²) in [6, 6.07) is 7.40. The highest BCUT2D eigenvalue weighted by molar-refractivity contribution is 5.87. The molecule has 1 unspecified atom stereocenters. The van der Waals surface area contributed by atoms with E-state index in [2.05, 4.69) is 18.2 Å². The molecule has 7 heteroatoms. The van der Waals surface area contributed by atoms with Gasteiger partial charge in [0.25, 0.3) is 0 Å². The first kappa shape index (κ1) is 27.7. The SMILES string of the molecule is C=CN=C/C=C/CC(=O)C(C=C)C/C(=C/CN)c1cccc(OCC(=O)OC2CCC2)c1.F. The smallest absolute Gasteiger partial charge is 0.344 e. The second kappa shape index (κ2) is 15.5. The molecule has 2 N–H and O–H groups in total. The zero-order valence-corrected chi connectivity index (χ0v) is 18.9. The van der Waals surface area contributed by atoms with E-state index in [9.17, 15) is 9.59 Å². The Balaban J connectivity index is 0.00000544. The molecule has 1 aliphatic carbocycles. The first-order chi connectivity index (χ1) is 15.6. The summed E-state index contributed by atoms with van der Waals surface area (Å²) in [5, 5.41) is 0. The second-order valence-electron chi connectivity index (χ2n) is 7.45. The highest BCUT2D eigenvalue weighted by Gasteiger charge is 2.22. The molecule has 0 spiro atoms. The molecule has 0 amide bonds. The van der Waals surface area contributed by atoms with Gasteiger partial charge < -0.3 is 15.2 Å². The number of esters is 1. The Labute approximate surface area is 194 Å². The average Bonchev–Trinajstić information content (AvgIpc) is 2.77. The van der Waals surface area contributed by atoms with Crippen LogP contribution in [0.25, 0.3) is 5.57 Å². The number of nitrogens with zero attached hydrogens (tertiary/aromatic N) is 1. The minimum atomic E-state index is -0.360. The van der Waals surface area contributed by atoms with Crippen LogP contribution in [-0.4, -0.2) is 37.2 Å². The van der Waals surface area contributed by atoms with Gasteiger partial charge >= 0.3 is 5.97 Å². The maximum Gasteiger partial charge on any atom is 0.344 e. The third-order valence-electron chi connectivity index (χ3n) is 5.15. The molecule has 1 saturated carbocycles. The van der Waals surface area contributed by atoms with Gasteiger partial charge in [0.1, 0.15) is 17.6 Å². The Hall–Kier alpha value is -3.32. The molecule has 178 valence electrons. The van der Waals surface area contributed by atoms with Crippen molar-refractivity contribution in [1.29, 1.82) is 0 Å². The Bertz CT molecular complexity index is 888. The predicted molar refractivity (Wildman–Crippen MR) is 131 cm³/mol. The zero-order valence-electron chi connectivity index (χ0n) is 18.9. The van der Waals surface area contributed by atoms with Crippen LogP contribution in [0.2, 0.25) is 0 Å². The lowest BCUT2D eigenvalue weighted by molar-refractivity contribution is -0.155. The number of ketones is 1. The van der Waals surface area contributed by atoms with Crippen LogP contribution in [0.3, 0.4) is 0 Å². The summed E-state index contributed by atoms with van der Waals surface area (Å²) in [4.78, 5) is 28.4. The largest absolute Gasteiger partial charge is 0.482 e. The van der Waals surface area contributed by atoms with E-state index < -0.39 is 0 Å². The molecular formula is C26H33FN2O4. The van der Waals surface area contributed by atoms with Crippen molar-refractivity contribution in [2.75, 3.05) is 13.2 Å². The van der Waals surface area contributed by atoms with E-state index in [1.807, 2.05) is 24.3 Å². The molecule has 0 aromatic heterocycles. The fourth-order valence-corrected chi connectivity index (χ4v) is 3.17. The van der Waals surface area contributed by atoms with Crippen LogP contribution in [0.15, 0.2) is 72.9 Å². The van der Waals surface area contributed by atoms with Gasteiger partial charge in [-0.15, -0.1) is 6.58 Å². The molecule has 1 atom stereocenters. The monoisotopic (exact) mass is 456 g/mol. The Kier molecular flexibility index (Phi) is 13.0. The topological polar surface area (TPSA) is 91.0 Å². The van der Waals surface area contributed by atoms with Gasteiger partial charge in [-0.2, -0.15) is 0 Å². The summed E-state index contributed by atoms with van der Waals surface area (Å²) >= 11 is 0. The first-order valence-corrected chi connectivity index (χ1v) is 10.8. The van der Waals surface area contributed by atoms with Crippen LogP contribution in [-0.2, 0) is 14.3 Å². The minimum Gasteiger partial charge on any atom is -0.482 e. The molecule has 0 saturated heterocycles. The summed E-state index contributed by atoms with van der Waals surface area (Å²) in [6.07, 6.45) is 13.8. The normalized spacial score (nSPS) is 14.9. The van der Waals surface area contributed by atoms with Gasteiger partial charge in [-0.25, -0.2) is 4.79 Å². The summed E-state index contributed by atoms with van der Waals surface area (Å²) in [5.41, 5.74) is 7.58. The van der Waals surface area contributed by atoms with Gasteiger partial charge in [-0.3, -0.25) is 14.5 Å². The first-order valence-electron chi connectivity index (χ1n) is 10.8. The number of allylic oxidation sites excluding steroid dienone is 4. The lowest BCUT2D eigenvalue weighted by Crippen LogP contribution is -2.27. The van der Waals surface area contributed by atoms with Crippen LogP contribution in [0.5, 0.6) is 5.75 Å². The maximum atomic E-state index is 12.6. The lowest BCUT2D eigenvalue weighted by atomic mass is 9.89. The number of halogens is 1.